The maximum Gasteiger partial charge on any atom is 0.221 e. The molecule has 0 saturated carbocycles. The van der Waals surface area contributed by atoms with Crippen molar-refractivity contribution in [3.63, 3.8) is 0 Å². The fourth-order valence-corrected chi connectivity index (χ4v) is 3.39. The number of carbonyl (C=O) groups is 1. The van der Waals surface area contributed by atoms with Gasteiger partial charge in [-0.2, -0.15) is 0 Å². The van der Waals surface area contributed by atoms with Crippen molar-refractivity contribution >= 4 is 5.91 Å². The summed E-state index contributed by atoms with van der Waals surface area (Å²) < 4.78 is 0. The van der Waals surface area contributed by atoms with Crippen molar-refractivity contribution in [1.29, 1.82) is 0 Å². The highest BCUT2D eigenvalue weighted by Crippen LogP contribution is 2.27. The molecule has 1 amide bonds. The van der Waals surface area contributed by atoms with Crippen molar-refractivity contribution in [2.24, 2.45) is 11.3 Å². The van der Waals surface area contributed by atoms with Crippen LogP contribution >= 0.6 is 0 Å². The second kappa shape index (κ2) is 6.25. The van der Waals surface area contributed by atoms with Crippen molar-refractivity contribution in [3.8, 4) is 0 Å². The molecule has 0 aromatic rings. The summed E-state index contributed by atoms with van der Waals surface area (Å²) in [4.78, 5) is 12.2. The van der Waals surface area contributed by atoms with Crippen LogP contribution in [-0.4, -0.2) is 24.0 Å². The predicted molar refractivity (Wildman–Crippen MR) is 81.1 cm³/mol. The molecule has 0 aromatic heterocycles. The lowest BCUT2D eigenvalue weighted by atomic mass is 9.81. The summed E-state index contributed by atoms with van der Waals surface area (Å²) >= 11 is 0. The lowest BCUT2D eigenvalue weighted by molar-refractivity contribution is -0.123. The number of carbonyl (C=O) groups excluding carboxylic acids is 1. The monoisotopic (exact) mass is 268 g/mol. The van der Waals surface area contributed by atoms with Crippen molar-refractivity contribution in [2.75, 3.05) is 6.54 Å². The first-order chi connectivity index (χ1) is 8.59. The zero-order valence-corrected chi connectivity index (χ0v) is 13.6. The summed E-state index contributed by atoms with van der Waals surface area (Å²) in [7, 11) is 0. The molecule has 2 atom stereocenters. The molecule has 2 unspecified atom stereocenters. The van der Waals surface area contributed by atoms with Gasteiger partial charge in [-0.25, -0.2) is 0 Å². The molecule has 0 aromatic carbocycles. The quantitative estimate of drug-likeness (QED) is 0.822. The third-order valence-corrected chi connectivity index (χ3v) is 3.79. The third-order valence-electron chi connectivity index (χ3n) is 3.79. The van der Waals surface area contributed by atoms with Crippen LogP contribution in [0.5, 0.6) is 0 Å². The van der Waals surface area contributed by atoms with E-state index in [9.17, 15) is 4.79 Å². The largest absolute Gasteiger partial charge is 0.351 e. The van der Waals surface area contributed by atoms with Crippen LogP contribution in [0.4, 0.5) is 0 Å². The first-order valence-electron chi connectivity index (χ1n) is 7.63. The van der Waals surface area contributed by atoms with Gasteiger partial charge in [0.2, 0.25) is 5.91 Å². The Balaban J connectivity index is 2.45. The molecular formula is C16H32N2O. The van der Waals surface area contributed by atoms with Crippen molar-refractivity contribution < 1.29 is 4.79 Å². The van der Waals surface area contributed by atoms with E-state index < -0.39 is 0 Å². The van der Waals surface area contributed by atoms with Gasteiger partial charge in [0.25, 0.3) is 0 Å². The predicted octanol–water partition coefficient (Wildman–Crippen LogP) is 3.10. The molecule has 1 saturated heterocycles. The van der Waals surface area contributed by atoms with E-state index in [0.717, 1.165) is 13.0 Å². The zero-order valence-electron chi connectivity index (χ0n) is 13.6. The van der Waals surface area contributed by atoms with E-state index in [1.54, 1.807) is 0 Å². The lowest BCUT2D eigenvalue weighted by Gasteiger charge is -2.35. The highest BCUT2D eigenvalue weighted by Gasteiger charge is 2.29. The highest BCUT2D eigenvalue weighted by molar-refractivity contribution is 5.77. The third kappa shape index (κ3) is 6.42. The fraction of sp³-hybridized carbons (Fsp3) is 0.938. The topological polar surface area (TPSA) is 41.1 Å². The molecular weight excluding hydrogens is 236 g/mol. The Morgan fingerprint density at radius 2 is 1.89 bits per heavy atom. The second-order valence-corrected chi connectivity index (χ2v) is 8.05. The molecule has 2 N–H and O–H groups in total. The van der Waals surface area contributed by atoms with Gasteiger partial charge in [0, 0.05) is 18.0 Å². The van der Waals surface area contributed by atoms with E-state index >= 15 is 0 Å². The van der Waals surface area contributed by atoms with E-state index in [1.165, 1.54) is 12.8 Å². The van der Waals surface area contributed by atoms with E-state index in [0.29, 0.717) is 18.4 Å². The van der Waals surface area contributed by atoms with Gasteiger partial charge >= 0.3 is 0 Å². The van der Waals surface area contributed by atoms with Gasteiger partial charge in [-0.3, -0.25) is 4.79 Å². The van der Waals surface area contributed by atoms with Gasteiger partial charge in [-0.05, 0) is 51.0 Å². The van der Waals surface area contributed by atoms with Gasteiger partial charge in [-0.15, -0.1) is 0 Å². The molecule has 3 nitrogen and oxygen atoms in total. The molecule has 0 aliphatic carbocycles. The number of piperidine rings is 1. The molecule has 19 heavy (non-hydrogen) atoms. The Kier molecular flexibility index (Phi) is 5.43. The van der Waals surface area contributed by atoms with Crippen LogP contribution < -0.4 is 10.6 Å². The maximum absolute atomic E-state index is 12.2. The minimum atomic E-state index is -0.132. The first kappa shape index (κ1) is 16.5. The van der Waals surface area contributed by atoms with Crippen LogP contribution in [0.1, 0.15) is 67.2 Å². The summed E-state index contributed by atoms with van der Waals surface area (Å²) in [5.74, 6) is 0.783. The Hall–Kier alpha value is -0.570. The average Bonchev–Trinajstić information content (AvgIpc) is 2.16. The molecule has 3 heteroatoms. The Bertz CT molecular complexity index is 304. The Labute approximate surface area is 118 Å². The number of rotatable bonds is 4. The Morgan fingerprint density at radius 1 is 1.26 bits per heavy atom. The van der Waals surface area contributed by atoms with Crippen molar-refractivity contribution in [3.05, 3.63) is 0 Å². The minimum Gasteiger partial charge on any atom is -0.351 e. The average molecular weight is 268 g/mol. The lowest BCUT2D eigenvalue weighted by Crippen LogP contribution is -2.49. The van der Waals surface area contributed by atoms with E-state index in [2.05, 4.69) is 52.2 Å². The Morgan fingerprint density at radius 3 is 2.42 bits per heavy atom. The highest BCUT2D eigenvalue weighted by atomic mass is 16.1. The summed E-state index contributed by atoms with van der Waals surface area (Å²) in [5.41, 5.74) is 0.0976. The molecule has 1 aliphatic heterocycles. The van der Waals surface area contributed by atoms with Gasteiger partial charge in [-0.1, -0.05) is 27.7 Å². The fourth-order valence-electron chi connectivity index (χ4n) is 3.39. The number of hydrogen-bond acceptors (Lipinski definition) is 2. The zero-order chi connectivity index (χ0) is 14.7. The minimum absolute atomic E-state index is 0.132. The second-order valence-electron chi connectivity index (χ2n) is 8.05. The molecule has 1 heterocycles. The molecule has 0 bridgehead atoms. The maximum atomic E-state index is 12.2. The molecule has 0 spiro atoms. The molecule has 1 aliphatic rings. The first-order valence-corrected chi connectivity index (χ1v) is 7.63. The van der Waals surface area contributed by atoms with E-state index in [1.807, 2.05) is 0 Å². The number of amides is 1. The van der Waals surface area contributed by atoms with Crippen LogP contribution in [-0.2, 0) is 4.79 Å². The van der Waals surface area contributed by atoms with Crippen molar-refractivity contribution in [2.45, 2.75) is 78.8 Å². The summed E-state index contributed by atoms with van der Waals surface area (Å²) in [6, 6.07) is 0.346. The van der Waals surface area contributed by atoms with Gasteiger partial charge in [0.15, 0.2) is 0 Å². The van der Waals surface area contributed by atoms with E-state index in [4.69, 9.17) is 0 Å². The van der Waals surface area contributed by atoms with Crippen LogP contribution in [0, 0.1) is 11.3 Å². The van der Waals surface area contributed by atoms with Gasteiger partial charge < -0.3 is 10.6 Å². The van der Waals surface area contributed by atoms with Crippen LogP contribution in [0.2, 0.25) is 0 Å². The van der Waals surface area contributed by atoms with Crippen LogP contribution in [0.15, 0.2) is 0 Å². The van der Waals surface area contributed by atoms with Crippen LogP contribution in [0.3, 0.4) is 0 Å². The molecule has 1 fully saturated rings. The van der Waals surface area contributed by atoms with Crippen LogP contribution in [0.25, 0.3) is 0 Å². The molecule has 0 radical (unpaired) electrons. The normalized spacial score (nSPS) is 25.2. The van der Waals surface area contributed by atoms with Crippen molar-refractivity contribution in [1.82, 2.24) is 10.6 Å². The number of nitrogens with one attached hydrogen (secondary N) is 2. The summed E-state index contributed by atoms with van der Waals surface area (Å²) in [6.45, 7) is 14.2. The van der Waals surface area contributed by atoms with Gasteiger partial charge in [0.05, 0.1) is 0 Å². The molecule has 1 rings (SSSR count). The molecule has 112 valence electrons. The summed E-state index contributed by atoms with van der Waals surface area (Å²) in [5, 5.41) is 6.67. The van der Waals surface area contributed by atoms with E-state index in [-0.39, 0.29) is 16.9 Å². The summed E-state index contributed by atoms with van der Waals surface area (Å²) in [6.07, 6.45) is 4.05. The standard InChI is InChI=1S/C16H32N2O/c1-12-8-7-9-17-13(12)10-14(19)18-16(5,6)11-15(2,3)4/h12-13,17H,7-11H2,1-6H3,(H,18,19). The smallest absolute Gasteiger partial charge is 0.221 e. The number of hydrogen-bond donors (Lipinski definition) is 2. The van der Waals surface area contributed by atoms with Gasteiger partial charge in [0.1, 0.15) is 0 Å². The SMILES string of the molecule is CC1CCCNC1CC(=O)NC(C)(C)CC(C)(C)C.